The normalized spacial score (nSPS) is 12.2. The second-order valence-electron chi connectivity index (χ2n) is 5.00. The molecule has 0 unspecified atom stereocenters. The lowest BCUT2D eigenvalue weighted by Gasteiger charge is -2.08. The summed E-state index contributed by atoms with van der Waals surface area (Å²) in [6, 6.07) is 8.05. The summed E-state index contributed by atoms with van der Waals surface area (Å²) in [6.45, 7) is 3.13. The van der Waals surface area contributed by atoms with E-state index in [0.29, 0.717) is 6.42 Å². The highest BCUT2D eigenvalue weighted by molar-refractivity contribution is 5.83. The second kappa shape index (κ2) is 6.93. The van der Waals surface area contributed by atoms with E-state index in [-0.39, 0.29) is 5.84 Å². The van der Waals surface area contributed by atoms with E-state index in [0.717, 1.165) is 29.8 Å². The standard InChI is InChI=1S/C15H22N4O/c1-2-3-4-7-10-19-13-9-6-5-8-12(13)17-15(19)11-14(16)18-20/h5-6,8-9,20H,2-4,7,10-11H2,1H3,(H2,16,18). The molecule has 5 heteroatoms. The maximum atomic E-state index is 8.73. The summed E-state index contributed by atoms with van der Waals surface area (Å²) >= 11 is 0. The Balaban J connectivity index is 2.24. The number of aromatic nitrogens is 2. The van der Waals surface area contributed by atoms with E-state index < -0.39 is 0 Å². The first kappa shape index (κ1) is 14.4. The number of fused-ring (bicyclic) bond motifs is 1. The number of hydrogen-bond acceptors (Lipinski definition) is 3. The number of aryl methyl sites for hydroxylation is 1. The average Bonchev–Trinajstić information content (AvgIpc) is 2.81. The molecule has 0 atom stereocenters. The summed E-state index contributed by atoms with van der Waals surface area (Å²) < 4.78 is 2.18. The molecular weight excluding hydrogens is 252 g/mol. The number of unbranched alkanes of at least 4 members (excludes halogenated alkanes) is 3. The number of rotatable bonds is 7. The van der Waals surface area contributed by atoms with Crippen LogP contribution in [0.25, 0.3) is 11.0 Å². The van der Waals surface area contributed by atoms with Gasteiger partial charge in [0.1, 0.15) is 11.7 Å². The topological polar surface area (TPSA) is 76.4 Å². The molecule has 1 aromatic carbocycles. The van der Waals surface area contributed by atoms with Crippen LogP contribution in [0.2, 0.25) is 0 Å². The van der Waals surface area contributed by atoms with Gasteiger partial charge in [-0.25, -0.2) is 4.98 Å². The predicted molar refractivity (Wildman–Crippen MR) is 81.0 cm³/mol. The third-order valence-corrected chi connectivity index (χ3v) is 3.44. The molecule has 0 amide bonds. The molecule has 0 spiro atoms. The number of nitrogens with zero attached hydrogens (tertiary/aromatic N) is 3. The lowest BCUT2D eigenvalue weighted by molar-refractivity contribution is 0.317. The van der Waals surface area contributed by atoms with Crippen LogP contribution in [0.15, 0.2) is 29.4 Å². The summed E-state index contributed by atoms with van der Waals surface area (Å²) in [5, 5.41) is 11.8. The van der Waals surface area contributed by atoms with Crippen LogP contribution in [0.3, 0.4) is 0 Å². The van der Waals surface area contributed by atoms with Gasteiger partial charge in [0, 0.05) is 6.54 Å². The minimum atomic E-state index is 0.190. The van der Waals surface area contributed by atoms with E-state index in [1.807, 2.05) is 18.2 Å². The molecule has 1 heterocycles. The smallest absolute Gasteiger partial charge is 0.146 e. The Morgan fingerprint density at radius 3 is 2.85 bits per heavy atom. The molecule has 0 bridgehead atoms. The van der Waals surface area contributed by atoms with E-state index in [9.17, 15) is 0 Å². The van der Waals surface area contributed by atoms with E-state index >= 15 is 0 Å². The highest BCUT2D eigenvalue weighted by Crippen LogP contribution is 2.17. The van der Waals surface area contributed by atoms with Crippen LogP contribution in [0.5, 0.6) is 0 Å². The molecule has 20 heavy (non-hydrogen) atoms. The summed E-state index contributed by atoms with van der Waals surface area (Å²) in [5.74, 6) is 1.05. The van der Waals surface area contributed by atoms with E-state index in [1.54, 1.807) is 0 Å². The first-order chi connectivity index (χ1) is 9.76. The lowest BCUT2D eigenvalue weighted by atomic mass is 10.2. The molecule has 108 valence electrons. The molecule has 5 nitrogen and oxygen atoms in total. The zero-order valence-electron chi connectivity index (χ0n) is 11.9. The Labute approximate surface area is 119 Å². The lowest BCUT2D eigenvalue weighted by Crippen LogP contribution is -2.18. The molecule has 0 saturated carbocycles. The number of nitrogens with two attached hydrogens (primary N) is 1. The highest BCUT2D eigenvalue weighted by Gasteiger charge is 2.11. The molecule has 3 N–H and O–H groups in total. The van der Waals surface area contributed by atoms with Crippen LogP contribution >= 0.6 is 0 Å². The van der Waals surface area contributed by atoms with Gasteiger partial charge in [0.2, 0.25) is 0 Å². The Kier molecular flexibility index (Phi) is 4.98. The largest absolute Gasteiger partial charge is 0.409 e. The summed E-state index contributed by atoms with van der Waals surface area (Å²) in [4.78, 5) is 4.59. The molecule has 0 aliphatic rings. The Bertz CT molecular complexity index is 589. The van der Waals surface area contributed by atoms with E-state index in [2.05, 4.69) is 27.7 Å². The van der Waals surface area contributed by atoms with Crippen molar-refractivity contribution in [2.75, 3.05) is 0 Å². The third kappa shape index (κ3) is 3.29. The van der Waals surface area contributed by atoms with Gasteiger partial charge in [-0.1, -0.05) is 43.5 Å². The fourth-order valence-electron chi connectivity index (χ4n) is 2.40. The maximum Gasteiger partial charge on any atom is 0.146 e. The molecule has 0 radical (unpaired) electrons. The van der Waals surface area contributed by atoms with Crippen LogP contribution < -0.4 is 5.73 Å². The first-order valence-electron chi connectivity index (χ1n) is 7.16. The van der Waals surface area contributed by atoms with Crippen LogP contribution in [-0.2, 0) is 13.0 Å². The van der Waals surface area contributed by atoms with E-state index in [1.165, 1.54) is 19.3 Å². The number of hydrogen-bond donors (Lipinski definition) is 2. The van der Waals surface area contributed by atoms with Crippen molar-refractivity contribution in [1.29, 1.82) is 0 Å². The molecule has 2 aromatic rings. The Morgan fingerprint density at radius 2 is 2.10 bits per heavy atom. The summed E-state index contributed by atoms with van der Waals surface area (Å²) in [5.41, 5.74) is 7.70. The quantitative estimate of drug-likeness (QED) is 0.268. The van der Waals surface area contributed by atoms with Crippen molar-refractivity contribution in [3.63, 3.8) is 0 Å². The predicted octanol–water partition coefficient (Wildman–Crippen LogP) is 2.91. The van der Waals surface area contributed by atoms with Crippen molar-refractivity contribution in [3.8, 4) is 0 Å². The van der Waals surface area contributed by atoms with E-state index in [4.69, 9.17) is 10.9 Å². The van der Waals surface area contributed by atoms with Gasteiger partial charge in [-0.3, -0.25) is 0 Å². The van der Waals surface area contributed by atoms with Gasteiger partial charge in [0.05, 0.1) is 17.5 Å². The third-order valence-electron chi connectivity index (χ3n) is 3.44. The van der Waals surface area contributed by atoms with Gasteiger partial charge in [-0.15, -0.1) is 0 Å². The van der Waals surface area contributed by atoms with Gasteiger partial charge in [-0.2, -0.15) is 0 Å². The van der Waals surface area contributed by atoms with Crippen LogP contribution in [0, 0.1) is 0 Å². The van der Waals surface area contributed by atoms with Gasteiger partial charge in [0.15, 0.2) is 0 Å². The van der Waals surface area contributed by atoms with Crippen LogP contribution in [0.1, 0.15) is 38.4 Å². The van der Waals surface area contributed by atoms with Crippen molar-refractivity contribution >= 4 is 16.9 Å². The Morgan fingerprint density at radius 1 is 1.30 bits per heavy atom. The van der Waals surface area contributed by atoms with Gasteiger partial charge < -0.3 is 15.5 Å². The number of benzene rings is 1. The van der Waals surface area contributed by atoms with Crippen molar-refractivity contribution in [3.05, 3.63) is 30.1 Å². The zero-order chi connectivity index (χ0) is 14.4. The fourth-order valence-corrected chi connectivity index (χ4v) is 2.40. The average molecular weight is 274 g/mol. The zero-order valence-corrected chi connectivity index (χ0v) is 11.9. The fraction of sp³-hybridized carbons (Fsp3) is 0.467. The van der Waals surface area contributed by atoms with Gasteiger partial charge >= 0.3 is 0 Å². The highest BCUT2D eigenvalue weighted by atomic mass is 16.4. The maximum absolute atomic E-state index is 8.73. The number of amidine groups is 1. The molecule has 0 fully saturated rings. The monoisotopic (exact) mass is 274 g/mol. The molecule has 0 saturated heterocycles. The number of para-hydroxylation sites is 2. The number of oxime groups is 1. The van der Waals surface area contributed by atoms with Crippen molar-refractivity contribution in [2.45, 2.75) is 45.6 Å². The van der Waals surface area contributed by atoms with Crippen molar-refractivity contribution < 1.29 is 5.21 Å². The molecule has 2 rings (SSSR count). The minimum absolute atomic E-state index is 0.190. The molecular formula is C15H22N4O. The SMILES string of the molecule is CCCCCCn1c(CC(N)=NO)nc2ccccc21. The Hall–Kier alpha value is -2.04. The van der Waals surface area contributed by atoms with Crippen molar-refractivity contribution in [2.24, 2.45) is 10.9 Å². The second-order valence-corrected chi connectivity index (χ2v) is 5.00. The molecule has 1 aromatic heterocycles. The van der Waals surface area contributed by atoms with Crippen molar-refractivity contribution in [1.82, 2.24) is 9.55 Å². The van der Waals surface area contributed by atoms with Gasteiger partial charge in [0.25, 0.3) is 0 Å². The van der Waals surface area contributed by atoms with Crippen LogP contribution in [-0.4, -0.2) is 20.6 Å². The number of imidazole rings is 1. The summed E-state index contributed by atoms with van der Waals surface area (Å²) in [7, 11) is 0. The summed E-state index contributed by atoms with van der Waals surface area (Å²) in [6.07, 6.45) is 5.19. The minimum Gasteiger partial charge on any atom is -0.409 e. The first-order valence-corrected chi connectivity index (χ1v) is 7.16. The van der Waals surface area contributed by atoms with Crippen LogP contribution in [0.4, 0.5) is 0 Å². The molecule has 0 aliphatic carbocycles. The molecule has 0 aliphatic heterocycles. The van der Waals surface area contributed by atoms with Gasteiger partial charge in [-0.05, 0) is 18.6 Å².